The molecular weight excluding hydrogens is 325 g/mol. The molecule has 128 valence electrons. The van der Waals surface area contributed by atoms with Crippen LogP contribution in [0.5, 0.6) is 0 Å². The van der Waals surface area contributed by atoms with E-state index < -0.39 is 23.5 Å². The van der Waals surface area contributed by atoms with Crippen molar-refractivity contribution in [3.8, 4) is 0 Å². The van der Waals surface area contributed by atoms with Gasteiger partial charge in [0, 0.05) is 24.2 Å². The van der Waals surface area contributed by atoms with Crippen LogP contribution in [0.4, 0.5) is 10.1 Å². The van der Waals surface area contributed by atoms with Crippen LogP contribution in [0, 0.1) is 11.7 Å². The van der Waals surface area contributed by atoms with Crippen LogP contribution in [0.15, 0.2) is 54.6 Å². The lowest BCUT2D eigenvalue weighted by Crippen LogP contribution is -2.45. The molecule has 0 aliphatic carbocycles. The molecule has 6 nitrogen and oxygen atoms in total. The van der Waals surface area contributed by atoms with Crippen LogP contribution in [0.25, 0.3) is 0 Å². The number of hydrogen-bond acceptors (Lipinski definition) is 3. The molecule has 0 spiro atoms. The predicted molar refractivity (Wildman–Crippen MR) is 88.9 cm³/mol. The largest absolute Gasteiger partial charge is 0.312 e. The van der Waals surface area contributed by atoms with Crippen molar-refractivity contribution in [3.63, 3.8) is 0 Å². The molecule has 2 aromatic carbocycles. The summed E-state index contributed by atoms with van der Waals surface area (Å²) in [6.07, 6.45) is 0.0765. The van der Waals surface area contributed by atoms with Crippen molar-refractivity contribution in [2.45, 2.75) is 6.42 Å². The van der Waals surface area contributed by atoms with Crippen LogP contribution in [-0.2, 0) is 9.59 Å². The SMILES string of the molecule is O=C(NNC(=O)[C@H]1CC(=O)N(c2ccccc2)C1)c1ccc(F)cc1. The molecule has 0 aromatic heterocycles. The number of hydrazine groups is 1. The Morgan fingerprint density at radius 1 is 1.00 bits per heavy atom. The number of anilines is 1. The zero-order valence-electron chi connectivity index (χ0n) is 13.2. The molecule has 0 saturated carbocycles. The Kier molecular flexibility index (Phi) is 4.74. The number of nitrogens with zero attached hydrogens (tertiary/aromatic N) is 1. The maximum absolute atomic E-state index is 12.8. The van der Waals surface area contributed by atoms with Gasteiger partial charge in [-0.25, -0.2) is 4.39 Å². The first kappa shape index (κ1) is 16.6. The van der Waals surface area contributed by atoms with Crippen molar-refractivity contribution in [2.75, 3.05) is 11.4 Å². The van der Waals surface area contributed by atoms with E-state index in [0.29, 0.717) is 0 Å². The van der Waals surface area contributed by atoms with Crippen molar-refractivity contribution < 1.29 is 18.8 Å². The predicted octanol–water partition coefficient (Wildman–Crippen LogP) is 1.64. The number of halogens is 1. The summed E-state index contributed by atoms with van der Waals surface area (Å²) in [5.74, 6) is -2.15. The number of amides is 3. The fourth-order valence-electron chi connectivity index (χ4n) is 2.63. The lowest BCUT2D eigenvalue weighted by Gasteiger charge is -2.16. The molecule has 0 radical (unpaired) electrons. The highest BCUT2D eigenvalue weighted by Gasteiger charge is 2.35. The number of carbonyl (C=O) groups is 3. The average molecular weight is 341 g/mol. The number of hydrogen-bond donors (Lipinski definition) is 2. The molecule has 1 aliphatic heterocycles. The Bertz CT molecular complexity index is 793. The smallest absolute Gasteiger partial charge is 0.269 e. The van der Waals surface area contributed by atoms with Crippen LogP contribution < -0.4 is 15.8 Å². The summed E-state index contributed by atoms with van der Waals surface area (Å²) in [6, 6.07) is 14.0. The van der Waals surface area contributed by atoms with Crippen molar-refractivity contribution in [3.05, 3.63) is 66.0 Å². The van der Waals surface area contributed by atoms with E-state index >= 15 is 0 Å². The first-order chi connectivity index (χ1) is 12.0. The highest BCUT2D eigenvalue weighted by Crippen LogP contribution is 2.24. The van der Waals surface area contributed by atoms with Gasteiger partial charge < -0.3 is 4.90 Å². The molecule has 3 amide bonds. The van der Waals surface area contributed by atoms with Gasteiger partial charge in [0.1, 0.15) is 5.82 Å². The van der Waals surface area contributed by atoms with E-state index in [4.69, 9.17) is 0 Å². The normalized spacial score (nSPS) is 16.6. The van der Waals surface area contributed by atoms with E-state index in [-0.39, 0.29) is 24.4 Å². The molecule has 1 aliphatic rings. The Morgan fingerprint density at radius 3 is 2.36 bits per heavy atom. The minimum absolute atomic E-state index is 0.0765. The fourth-order valence-corrected chi connectivity index (χ4v) is 2.63. The van der Waals surface area contributed by atoms with Crippen molar-refractivity contribution in [2.24, 2.45) is 5.92 Å². The molecular formula is C18H16FN3O3. The Labute approximate surface area is 143 Å². The third kappa shape index (κ3) is 3.82. The maximum Gasteiger partial charge on any atom is 0.269 e. The first-order valence-corrected chi connectivity index (χ1v) is 7.76. The third-order valence-electron chi connectivity index (χ3n) is 3.97. The lowest BCUT2D eigenvalue weighted by atomic mass is 10.1. The number of rotatable bonds is 3. The Hall–Kier alpha value is -3.22. The fraction of sp³-hybridized carbons (Fsp3) is 0.167. The van der Waals surface area contributed by atoms with Gasteiger partial charge in [0.25, 0.3) is 5.91 Å². The molecule has 1 atom stereocenters. The monoisotopic (exact) mass is 341 g/mol. The zero-order chi connectivity index (χ0) is 17.8. The average Bonchev–Trinajstić information content (AvgIpc) is 3.02. The van der Waals surface area contributed by atoms with E-state index in [9.17, 15) is 18.8 Å². The third-order valence-corrected chi connectivity index (χ3v) is 3.97. The number of benzene rings is 2. The molecule has 3 rings (SSSR count). The van der Waals surface area contributed by atoms with Gasteiger partial charge >= 0.3 is 0 Å². The van der Waals surface area contributed by atoms with E-state index in [0.717, 1.165) is 17.8 Å². The summed E-state index contributed by atoms with van der Waals surface area (Å²) in [4.78, 5) is 37.7. The second-order valence-electron chi connectivity index (χ2n) is 5.69. The van der Waals surface area contributed by atoms with Gasteiger partial charge in [-0.05, 0) is 36.4 Å². The summed E-state index contributed by atoms with van der Waals surface area (Å²) in [5, 5.41) is 0. The number of carbonyl (C=O) groups excluding carboxylic acids is 3. The second-order valence-corrected chi connectivity index (χ2v) is 5.69. The standard InChI is InChI=1S/C18H16FN3O3/c19-14-8-6-12(7-9-14)17(24)20-21-18(25)13-10-16(23)22(11-13)15-4-2-1-3-5-15/h1-9,13H,10-11H2,(H,20,24)(H,21,25)/t13-/m0/s1. The molecule has 1 saturated heterocycles. The summed E-state index contributed by atoms with van der Waals surface area (Å²) in [5.41, 5.74) is 5.54. The van der Waals surface area contributed by atoms with Gasteiger partial charge in [0.05, 0.1) is 5.92 Å². The number of nitrogens with one attached hydrogen (secondary N) is 2. The van der Waals surface area contributed by atoms with Crippen LogP contribution in [0.1, 0.15) is 16.8 Å². The molecule has 2 N–H and O–H groups in total. The highest BCUT2D eigenvalue weighted by molar-refractivity contribution is 6.01. The summed E-state index contributed by atoms with van der Waals surface area (Å²) < 4.78 is 12.8. The molecule has 7 heteroatoms. The maximum atomic E-state index is 12.8. The van der Waals surface area contributed by atoms with E-state index in [1.807, 2.05) is 18.2 Å². The van der Waals surface area contributed by atoms with Crippen molar-refractivity contribution >= 4 is 23.4 Å². The van der Waals surface area contributed by atoms with Gasteiger partial charge in [-0.1, -0.05) is 18.2 Å². The molecule has 1 fully saturated rings. The summed E-state index contributed by atoms with van der Waals surface area (Å²) in [7, 11) is 0. The molecule has 0 unspecified atom stereocenters. The van der Waals surface area contributed by atoms with Crippen LogP contribution in [0.3, 0.4) is 0 Å². The second kappa shape index (κ2) is 7.12. The molecule has 25 heavy (non-hydrogen) atoms. The first-order valence-electron chi connectivity index (χ1n) is 7.76. The van der Waals surface area contributed by atoms with Crippen LogP contribution in [0.2, 0.25) is 0 Å². The highest BCUT2D eigenvalue weighted by atomic mass is 19.1. The Morgan fingerprint density at radius 2 is 1.68 bits per heavy atom. The van der Waals surface area contributed by atoms with Gasteiger partial charge in [-0.3, -0.25) is 25.2 Å². The molecule has 0 bridgehead atoms. The zero-order valence-corrected chi connectivity index (χ0v) is 13.2. The van der Waals surface area contributed by atoms with E-state index in [2.05, 4.69) is 10.9 Å². The summed E-state index contributed by atoms with van der Waals surface area (Å²) >= 11 is 0. The van der Waals surface area contributed by atoms with Gasteiger partial charge in [-0.2, -0.15) is 0 Å². The van der Waals surface area contributed by atoms with E-state index in [1.54, 1.807) is 17.0 Å². The number of para-hydroxylation sites is 1. The topological polar surface area (TPSA) is 78.5 Å². The van der Waals surface area contributed by atoms with Crippen LogP contribution >= 0.6 is 0 Å². The Balaban J connectivity index is 1.56. The van der Waals surface area contributed by atoms with E-state index in [1.165, 1.54) is 12.1 Å². The van der Waals surface area contributed by atoms with Crippen LogP contribution in [-0.4, -0.2) is 24.3 Å². The minimum Gasteiger partial charge on any atom is -0.312 e. The minimum atomic E-state index is -0.558. The van der Waals surface area contributed by atoms with Gasteiger partial charge in [-0.15, -0.1) is 0 Å². The van der Waals surface area contributed by atoms with Crippen molar-refractivity contribution in [1.29, 1.82) is 0 Å². The van der Waals surface area contributed by atoms with Gasteiger partial charge in [0.15, 0.2) is 0 Å². The summed E-state index contributed by atoms with van der Waals surface area (Å²) in [6.45, 7) is 0.251. The lowest BCUT2D eigenvalue weighted by molar-refractivity contribution is -0.126. The van der Waals surface area contributed by atoms with Crippen molar-refractivity contribution in [1.82, 2.24) is 10.9 Å². The quantitative estimate of drug-likeness (QED) is 0.833. The molecule has 2 aromatic rings. The van der Waals surface area contributed by atoms with Gasteiger partial charge in [0.2, 0.25) is 11.8 Å². The molecule has 1 heterocycles.